The molecule has 0 aliphatic carbocycles. The molecular formula is C16H14F3N5O2. The van der Waals surface area contributed by atoms with Gasteiger partial charge in [-0.15, -0.1) is 5.10 Å². The van der Waals surface area contributed by atoms with E-state index in [1.54, 1.807) is 12.3 Å². The van der Waals surface area contributed by atoms with E-state index in [2.05, 4.69) is 25.0 Å². The smallest absolute Gasteiger partial charge is 0.387 e. The van der Waals surface area contributed by atoms with Crippen LogP contribution >= 0.6 is 0 Å². The van der Waals surface area contributed by atoms with Crippen LogP contribution in [0.2, 0.25) is 0 Å². The monoisotopic (exact) mass is 365 g/mol. The number of hydrogen-bond acceptors (Lipinski definition) is 6. The minimum absolute atomic E-state index is 0.0642. The molecule has 0 saturated heterocycles. The summed E-state index contributed by atoms with van der Waals surface area (Å²) in [4.78, 5) is 8.20. The van der Waals surface area contributed by atoms with Crippen molar-refractivity contribution in [1.29, 1.82) is 0 Å². The van der Waals surface area contributed by atoms with Crippen molar-refractivity contribution in [1.82, 2.24) is 25.0 Å². The van der Waals surface area contributed by atoms with Gasteiger partial charge in [0.2, 0.25) is 0 Å². The molecular weight excluding hydrogens is 351 g/mol. The van der Waals surface area contributed by atoms with Crippen molar-refractivity contribution in [2.45, 2.75) is 26.6 Å². The highest BCUT2D eigenvalue weighted by Gasteiger charge is 2.12. The molecule has 7 nitrogen and oxygen atoms in total. The van der Waals surface area contributed by atoms with E-state index in [1.807, 2.05) is 6.92 Å². The Hall–Kier alpha value is -3.17. The van der Waals surface area contributed by atoms with Gasteiger partial charge in [0.25, 0.3) is 0 Å². The molecule has 0 spiro atoms. The van der Waals surface area contributed by atoms with Crippen LogP contribution in [0.15, 0.2) is 36.7 Å². The first-order valence-electron chi connectivity index (χ1n) is 7.66. The number of aryl methyl sites for hydroxylation is 1. The number of alkyl halides is 2. The van der Waals surface area contributed by atoms with Crippen LogP contribution in [0.1, 0.15) is 18.3 Å². The van der Waals surface area contributed by atoms with Gasteiger partial charge in [0.1, 0.15) is 12.3 Å². The molecule has 136 valence electrons. The van der Waals surface area contributed by atoms with Crippen molar-refractivity contribution in [3.05, 3.63) is 53.9 Å². The molecule has 2 aromatic heterocycles. The van der Waals surface area contributed by atoms with Crippen molar-refractivity contribution in [2.24, 2.45) is 0 Å². The second kappa shape index (κ2) is 7.81. The molecule has 26 heavy (non-hydrogen) atoms. The lowest BCUT2D eigenvalue weighted by Gasteiger charge is -2.07. The fraction of sp³-hybridized carbons (Fsp3) is 0.250. The number of nitrogens with zero attached hydrogens (tertiary/aromatic N) is 5. The highest BCUT2D eigenvalue weighted by molar-refractivity contribution is 5.39. The maximum atomic E-state index is 13.5. The third-order valence-electron chi connectivity index (χ3n) is 3.34. The summed E-state index contributed by atoms with van der Waals surface area (Å²) in [5.41, 5.74) is 1.61. The summed E-state index contributed by atoms with van der Waals surface area (Å²) in [6, 6.07) is 5.48. The molecule has 0 aliphatic heterocycles. The first kappa shape index (κ1) is 17.6. The third-order valence-corrected chi connectivity index (χ3v) is 3.34. The molecule has 10 heteroatoms. The van der Waals surface area contributed by atoms with E-state index in [1.165, 1.54) is 16.9 Å². The lowest BCUT2D eigenvalue weighted by molar-refractivity contribution is -0.0521. The Morgan fingerprint density at radius 1 is 1.19 bits per heavy atom. The lowest BCUT2D eigenvalue weighted by Crippen LogP contribution is -2.05. The molecule has 0 saturated carbocycles. The Morgan fingerprint density at radius 3 is 2.81 bits per heavy atom. The predicted octanol–water partition coefficient (Wildman–Crippen LogP) is 2.94. The normalized spacial score (nSPS) is 11.0. The number of hydrogen-bond donors (Lipinski definition) is 0. The van der Waals surface area contributed by atoms with Crippen LogP contribution in [0.3, 0.4) is 0 Å². The van der Waals surface area contributed by atoms with Gasteiger partial charge in [-0.2, -0.15) is 8.78 Å². The fourth-order valence-corrected chi connectivity index (χ4v) is 2.09. The molecule has 0 aliphatic rings. The van der Waals surface area contributed by atoms with Crippen molar-refractivity contribution in [3.8, 4) is 17.4 Å². The average molecular weight is 365 g/mol. The highest BCUT2D eigenvalue weighted by atomic mass is 19.3. The quantitative estimate of drug-likeness (QED) is 0.641. The second-order valence-corrected chi connectivity index (χ2v) is 5.12. The SMILES string of the molecule is CCc1ccnc(OCc2cn(-c3ccc(F)c(OC(F)F)c3)nn2)n1. The van der Waals surface area contributed by atoms with Gasteiger partial charge in [0.15, 0.2) is 11.6 Å². The van der Waals surface area contributed by atoms with Crippen LogP contribution in [-0.2, 0) is 13.0 Å². The lowest BCUT2D eigenvalue weighted by atomic mass is 10.3. The van der Waals surface area contributed by atoms with Crippen LogP contribution in [0.5, 0.6) is 11.8 Å². The van der Waals surface area contributed by atoms with Gasteiger partial charge in [-0.1, -0.05) is 12.1 Å². The molecule has 0 amide bonds. The van der Waals surface area contributed by atoms with Crippen LogP contribution in [0.4, 0.5) is 13.2 Å². The zero-order chi connectivity index (χ0) is 18.5. The van der Waals surface area contributed by atoms with Gasteiger partial charge < -0.3 is 9.47 Å². The zero-order valence-electron chi connectivity index (χ0n) is 13.6. The van der Waals surface area contributed by atoms with Gasteiger partial charge in [0, 0.05) is 18.0 Å². The molecule has 3 rings (SSSR count). The fourth-order valence-electron chi connectivity index (χ4n) is 2.09. The Balaban J connectivity index is 1.71. The number of ether oxygens (including phenoxy) is 2. The van der Waals surface area contributed by atoms with Gasteiger partial charge >= 0.3 is 12.6 Å². The maximum absolute atomic E-state index is 13.5. The largest absolute Gasteiger partial charge is 0.457 e. The maximum Gasteiger partial charge on any atom is 0.387 e. The zero-order valence-corrected chi connectivity index (χ0v) is 13.6. The van der Waals surface area contributed by atoms with Crippen LogP contribution < -0.4 is 9.47 Å². The van der Waals surface area contributed by atoms with Crippen molar-refractivity contribution < 1.29 is 22.6 Å². The van der Waals surface area contributed by atoms with Crippen LogP contribution in [-0.4, -0.2) is 31.6 Å². The number of aromatic nitrogens is 5. The minimum Gasteiger partial charge on any atom is -0.457 e. The molecule has 2 heterocycles. The van der Waals surface area contributed by atoms with E-state index in [-0.39, 0.29) is 12.6 Å². The Morgan fingerprint density at radius 2 is 2.04 bits per heavy atom. The summed E-state index contributed by atoms with van der Waals surface area (Å²) in [6.45, 7) is -1.10. The molecule has 0 fully saturated rings. The summed E-state index contributed by atoms with van der Waals surface area (Å²) < 4.78 is 49.0. The van der Waals surface area contributed by atoms with Crippen molar-refractivity contribution in [3.63, 3.8) is 0 Å². The van der Waals surface area contributed by atoms with Crippen LogP contribution in [0.25, 0.3) is 5.69 Å². The van der Waals surface area contributed by atoms with Gasteiger partial charge in [0.05, 0.1) is 11.9 Å². The van der Waals surface area contributed by atoms with Crippen LogP contribution in [0, 0.1) is 5.82 Å². The Labute approximate surface area is 146 Å². The topological polar surface area (TPSA) is 75.0 Å². The number of halogens is 3. The molecule has 3 aromatic rings. The van der Waals surface area contributed by atoms with Crippen molar-refractivity contribution in [2.75, 3.05) is 0 Å². The molecule has 0 radical (unpaired) electrons. The van der Waals surface area contributed by atoms with E-state index >= 15 is 0 Å². The van der Waals surface area contributed by atoms with E-state index in [9.17, 15) is 13.2 Å². The first-order valence-corrected chi connectivity index (χ1v) is 7.66. The standard InChI is InChI=1S/C16H14F3N5O2/c1-2-10-5-6-20-16(21-10)25-9-11-8-24(23-22-11)12-3-4-13(17)14(7-12)26-15(18)19/h3-8,15H,2,9H2,1H3. The van der Waals surface area contributed by atoms with E-state index in [0.29, 0.717) is 11.4 Å². The molecule has 1 aromatic carbocycles. The minimum atomic E-state index is -3.13. The van der Waals surface area contributed by atoms with E-state index in [0.717, 1.165) is 24.2 Å². The van der Waals surface area contributed by atoms with Gasteiger partial charge in [-0.3, -0.25) is 0 Å². The highest BCUT2D eigenvalue weighted by Crippen LogP contribution is 2.22. The molecule has 0 bridgehead atoms. The summed E-state index contributed by atoms with van der Waals surface area (Å²) in [5.74, 6) is -1.47. The summed E-state index contributed by atoms with van der Waals surface area (Å²) >= 11 is 0. The summed E-state index contributed by atoms with van der Waals surface area (Å²) in [7, 11) is 0. The average Bonchev–Trinajstić information content (AvgIpc) is 3.10. The van der Waals surface area contributed by atoms with Gasteiger partial charge in [-0.25, -0.2) is 19.0 Å². The summed E-state index contributed by atoms with van der Waals surface area (Å²) in [5, 5.41) is 7.78. The Bertz CT molecular complexity index is 888. The third kappa shape index (κ3) is 4.26. The predicted molar refractivity (Wildman–Crippen MR) is 83.7 cm³/mol. The number of benzene rings is 1. The molecule has 0 atom stereocenters. The molecule has 0 unspecified atom stereocenters. The Kier molecular flexibility index (Phi) is 5.30. The van der Waals surface area contributed by atoms with E-state index in [4.69, 9.17) is 4.74 Å². The first-order chi connectivity index (χ1) is 12.5. The van der Waals surface area contributed by atoms with Gasteiger partial charge in [-0.05, 0) is 24.6 Å². The van der Waals surface area contributed by atoms with Crippen molar-refractivity contribution >= 4 is 0 Å². The van der Waals surface area contributed by atoms with E-state index < -0.39 is 18.2 Å². The summed E-state index contributed by atoms with van der Waals surface area (Å²) in [6.07, 6.45) is 3.87. The number of rotatable bonds is 7. The molecule has 0 N–H and O–H groups in total. The second-order valence-electron chi connectivity index (χ2n) is 5.12.